The standard InChI is InChI=1S/C12H15NO2/c1-15-12(14)10-7-2-3-8-11(10)13-9-5-4-6-9/h2-3,7-9,13H,4-6H2,1H3. The molecule has 0 atom stereocenters. The van der Waals surface area contributed by atoms with Crippen molar-refractivity contribution in [1.82, 2.24) is 0 Å². The molecule has 0 saturated heterocycles. The Hall–Kier alpha value is -1.51. The maximum Gasteiger partial charge on any atom is 0.339 e. The summed E-state index contributed by atoms with van der Waals surface area (Å²) in [5, 5.41) is 3.36. The lowest BCUT2D eigenvalue weighted by molar-refractivity contribution is 0.0601. The molecule has 0 bridgehead atoms. The number of esters is 1. The normalized spacial score (nSPS) is 15.5. The van der Waals surface area contributed by atoms with Gasteiger partial charge >= 0.3 is 5.97 Å². The molecule has 15 heavy (non-hydrogen) atoms. The van der Waals surface area contributed by atoms with Crippen molar-refractivity contribution in [1.29, 1.82) is 0 Å². The quantitative estimate of drug-likeness (QED) is 0.770. The lowest BCUT2D eigenvalue weighted by Gasteiger charge is -2.28. The van der Waals surface area contributed by atoms with Gasteiger partial charge in [-0.05, 0) is 31.4 Å². The van der Waals surface area contributed by atoms with Crippen LogP contribution >= 0.6 is 0 Å². The maximum absolute atomic E-state index is 11.5. The molecule has 0 aliphatic heterocycles. The van der Waals surface area contributed by atoms with Crippen molar-refractivity contribution in [2.45, 2.75) is 25.3 Å². The van der Waals surface area contributed by atoms with Gasteiger partial charge in [-0.3, -0.25) is 0 Å². The number of rotatable bonds is 3. The first kappa shape index (κ1) is 10.0. The third-order valence-electron chi connectivity index (χ3n) is 2.80. The number of nitrogens with one attached hydrogen (secondary N) is 1. The Bertz CT molecular complexity index is 358. The van der Waals surface area contributed by atoms with Gasteiger partial charge in [0.2, 0.25) is 0 Å². The molecule has 0 unspecified atom stereocenters. The van der Waals surface area contributed by atoms with Crippen LogP contribution in [0.5, 0.6) is 0 Å². The van der Waals surface area contributed by atoms with Crippen LogP contribution in [0.4, 0.5) is 5.69 Å². The second-order valence-corrected chi connectivity index (χ2v) is 3.81. The van der Waals surface area contributed by atoms with Crippen molar-refractivity contribution >= 4 is 11.7 Å². The number of methoxy groups -OCH3 is 1. The Morgan fingerprint density at radius 2 is 2.13 bits per heavy atom. The zero-order chi connectivity index (χ0) is 10.7. The third-order valence-corrected chi connectivity index (χ3v) is 2.80. The Kier molecular flexibility index (Phi) is 2.90. The molecule has 1 N–H and O–H groups in total. The Morgan fingerprint density at radius 1 is 1.40 bits per heavy atom. The predicted octanol–water partition coefficient (Wildman–Crippen LogP) is 2.44. The average molecular weight is 205 g/mol. The molecule has 0 radical (unpaired) electrons. The highest BCUT2D eigenvalue weighted by Crippen LogP contribution is 2.25. The van der Waals surface area contributed by atoms with Gasteiger partial charge in [0.15, 0.2) is 0 Å². The molecular formula is C12H15NO2. The fourth-order valence-electron chi connectivity index (χ4n) is 1.67. The molecule has 1 aliphatic carbocycles. The van der Waals surface area contributed by atoms with Gasteiger partial charge in [0.25, 0.3) is 0 Å². The predicted molar refractivity (Wildman–Crippen MR) is 59.0 cm³/mol. The zero-order valence-corrected chi connectivity index (χ0v) is 8.82. The van der Waals surface area contributed by atoms with Crippen LogP contribution in [0, 0.1) is 0 Å². The molecule has 80 valence electrons. The van der Waals surface area contributed by atoms with Crippen molar-refractivity contribution in [2.75, 3.05) is 12.4 Å². The summed E-state index contributed by atoms with van der Waals surface area (Å²) in [5.41, 5.74) is 1.50. The summed E-state index contributed by atoms with van der Waals surface area (Å²) in [6.07, 6.45) is 3.66. The molecular weight excluding hydrogens is 190 g/mol. The minimum atomic E-state index is -0.280. The highest BCUT2D eigenvalue weighted by molar-refractivity contribution is 5.95. The minimum Gasteiger partial charge on any atom is -0.465 e. The van der Waals surface area contributed by atoms with Crippen LogP contribution < -0.4 is 5.32 Å². The molecule has 0 amide bonds. The number of carbonyl (C=O) groups is 1. The van der Waals surface area contributed by atoms with Crippen LogP contribution in [-0.2, 0) is 4.74 Å². The van der Waals surface area contributed by atoms with Gasteiger partial charge in [0.1, 0.15) is 0 Å². The molecule has 2 rings (SSSR count). The first-order valence-electron chi connectivity index (χ1n) is 5.25. The van der Waals surface area contributed by atoms with Crippen molar-refractivity contribution in [3.8, 4) is 0 Å². The molecule has 0 aromatic heterocycles. The highest BCUT2D eigenvalue weighted by atomic mass is 16.5. The Balaban J connectivity index is 2.16. The smallest absolute Gasteiger partial charge is 0.339 e. The molecule has 1 fully saturated rings. The molecule has 3 heteroatoms. The van der Waals surface area contributed by atoms with Crippen molar-refractivity contribution in [3.63, 3.8) is 0 Å². The van der Waals surface area contributed by atoms with Crippen LogP contribution in [0.1, 0.15) is 29.6 Å². The van der Waals surface area contributed by atoms with Crippen LogP contribution in [-0.4, -0.2) is 19.1 Å². The lowest BCUT2D eigenvalue weighted by atomic mass is 9.92. The molecule has 0 spiro atoms. The van der Waals surface area contributed by atoms with Crippen molar-refractivity contribution in [3.05, 3.63) is 29.8 Å². The number of para-hydroxylation sites is 1. The molecule has 1 aliphatic rings. The number of ether oxygens (including phenoxy) is 1. The van der Waals surface area contributed by atoms with E-state index in [4.69, 9.17) is 4.74 Å². The number of anilines is 1. The van der Waals surface area contributed by atoms with E-state index in [0.717, 1.165) is 5.69 Å². The van der Waals surface area contributed by atoms with Crippen molar-refractivity contribution < 1.29 is 9.53 Å². The highest BCUT2D eigenvalue weighted by Gasteiger charge is 2.19. The van der Waals surface area contributed by atoms with Gasteiger partial charge in [-0.25, -0.2) is 4.79 Å². The number of hydrogen-bond acceptors (Lipinski definition) is 3. The fourth-order valence-corrected chi connectivity index (χ4v) is 1.67. The summed E-state index contributed by atoms with van der Waals surface area (Å²) in [6, 6.07) is 8.00. The van der Waals surface area contributed by atoms with Crippen LogP contribution in [0.25, 0.3) is 0 Å². The van der Waals surface area contributed by atoms with Gasteiger partial charge in [-0.2, -0.15) is 0 Å². The van der Waals surface area contributed by atoms with Crippen LogP contribution in [0.15, 0.2) is 24.3 Å². The Morgan fingerprint density at radius 3 is 2.73 bits per heavy atom. The first-order chi connectivity index (χ1) is 7.31. The van der Waals surface area contributed by atoms with Gasteiger partial charge in [0.05, 0.1) is 12.7 Å². The maximum atomic E-state index is 11.5. The van der Waals surface area contributed by atoms with Crippen LogP contribution in [0.2, 0.25) is 0 Å². The number of benzene rings is 1. The third kappa shape index (κ3) is 2.12. The van der Waals surface area contributed by atoms with E-state index in [2.05, 4.69) is 5.32 Å². The summed E-state index contributed by atoms with van der Waals surface area (Å²) in [5.74, 6) is -0.280. The average Bonchev–Trinajstić information content (AvgIpc) is 2.23. The summed E-state index contributed by atoms with van der Waals surface area (Å²) in [7, 11) is 1.41. The lowest BCUT2D eigenvalue weighted by Crippen LogP contribution is -2.27. The fraction of sp³-hybridized carbons (Fsp3) is 0.417. The van der Waals surface area contributed by atoms with E-state index in [0.29, 0.717) is 11.6 Å². The summed E-state index contributed by atoms with van der Waals surface area (Å²) < 4.78 is 4.73. The second-order valence-electron chi connectivity index (χ2n) is 3.81. The zero-order valence-electron chi connectivity index (χ0n) is 8.82. The van der Waals surface area contributed by atoms with E-state index in [1.807, 2.05) is 18.2 Å². The van der Waals surface area contributed by atoms with Gasteiger partial charge < -0.3 is 10.1 Å². The largest absolute Gasteiger partial charge is 0.465 e. The van der Waals surface area contributed by atoms with E-state index in [1.54, 1.807) is 6.07 Å². The van der Waals surface area contributed by atoms with Gasteiger partial charge in [-0.1, -0.05) is 12.1 Å². The molecule has 0 heterocycles. The van der Waals surface area contributed by atoms with E-state index < -0.39 is 0 Å². The monoisotopic (exact) mass is 205 g/mol. The van der Waals surface area contributed by atoms with Gasteiger partial charge in [-0.15, -0.1) is 0 Å². The Labute approximate surface area is 89.4 Å². The topological polar surface area (TPSA) is 38.3 Å². The molecule has 1 aromatic carbocycles. The summed E-state index contributed by atoms with van der Waals surface area (Å²) in [4.78, 5) is 11.5. The van der Waals surface area contributed by atoms with Gasteiger partial charge in [0, 0.05) is 11.7 Å². The first-order valence-corrected chi connectivity index (χ1v) is 5.25. The van der Waals surface area contributed by atoms with E-state index in [9.17, 15) is 4.79 Å². The number of hydrogen-bond donors (Lipinski definition) is 1. The van der Waals surface area contributed by atoms with E-state index in [-0.39, 0.29) is 5.97 Å². The summed E-state index contributed by atoms with van der Waals surface area (Å²) >= 11 is 0. The SMILES string of the molecule is COC(=O)c1ccccc1NC1CCC1. The van der Waals surface area contributed by atoms with E-state index >= 15 is 0 Å². The summed E-state index contributed by atoms with van der Waals surface area (Å²) in [6.45, 7) is 0. The molecule has 3 nitrogen and oxygen atoms in total. The van der Waals surface area contributed by atoms with E-state index in [1.165, 1.54) is 26.4 Å². The number of carbonyl (C=O) groups excluding carboxylic acids is 1. The minimum absolute atomic E-state index is 0.280. The molecule has 1 aromatic rings. The van der Waals surface area contributed by atoms with Crippen molar-refractivity contribution in [2.24, 2.45) is 0 Å². The second kappa shape index (κ2) is 4.34. The molecule has 1 saturated carbocycles. The van der Waals surface area contributed by atoms with Crippen LogP contribution in [0.3, 0.4) is 0 Å².